The third-order valence-corrected chi connectivity index (χ3v) is 3.75. The van der Waals surface area contributed by atoms with Crippen LogP contribution in [-0.2, 0) is 6.54 Å². The largest absolute Gasteiger partial charge is 0.365 e. The van der Waals surface area contributed by atoms with Crippen molar-refractivity contribution in [2.75, 3.05) is 5.32 Å². The van der Waals surface area contributed by atoms with Crippen molar-refractivity contribution < 1.29 is 4.92 Å². The molecule has 2 aromatic carbocycles. The van der Waals surface area contributed by atoms with Crippen LogP contribution < -0.4 is 5.32 Å². The summed E-state index contributed by atoms with van der Waals surface area (Å²) in [7, 11) is 0. The Morgan fingerprint density at radius 2 is 2.00 bits per heavy atom. The molecular formula is C16H10ClN5O2. The average Bonchev–Trinajstić information content (AvgIpc) is 2.59. The van der Waals surface area contributed by atoms with Crippen LogP contribution in [0.25, 0.3) is 10.9 Å². The molecule has 1 N–H and O–H groups in total. The molecule has 0 radical (unpaired) electrons. The van der Waals surface area contributed by atoms with Crippen LogP contribution in [0, 0.1) is 21.4 Å². The van der Waals surface area contributed by atoms with E-state index in [1.54, 1.807) is 12.1 Å². The maximum atomic E-state index is 11.1. The Hall–Kier alpha value is -3.24. The summed E-state index contributed by atoms with van der Waals surface area (Å²) in [6, 6.07) is 12.0. The van der Waals surface area contributed by atoms with Crippen molar-refractivity contribution in [3.05, 3.63) is 69.0 Å². The van der Waals surface area contributed by atoms with Crippen LogP contribution in [0.2, 0.25) is 5.02 Å². The number of halogens is 1. The molecule has 1 aromatic heterocycles. The van der Waals surface area contributed by atoms with Crippen LogP contribution in [0.5, 0.6) is 0 Å². The van der Waals surface area contributed by atoms with Gasteiger partial charge in [-0.05, 0) is 23.8 Å². The lowest BCUT2D eigenvalue weighted by molar-refractivity contribution is -0.384. The van der Waals surface area contributed by atoms with Gasteiger partial charge in [0.25, 0.3) is 5.69 Å². The summed E-state index contributed by atoms with van der Waals surface area (Å²) in [6.07, 6.45) is 1.37. The van der Waals surface area contributed by atoms with Gasteiger partial charge in [-0.25, -0.2) is 9.97 Å². The quantitative estimate of drug-likeness (QED) is 0.574. The Balaban J connectivity index is 1.92. The molecule has 0 aliphatic heterocycles. The molecule has 3 rings (SSSR count). The van der Waals surface area contributed by atoms with E-state index in [-0.39, 0.29) is 10.7 Å². The predicted molar refractivity (Wildman–Crippen MR) is 89.7 cm³/mol. The highest BCUT2D eigenvalue weighted by Crippen LogP contribution is 2.31. The zero-order chi connectivity index (χ0) is 17.1. The molecule has 0 saturated carbocycles. The molecule has 7 nitrogen and oxygen atoms in total. The first kappa shape index (κ1) is 15.6. The number of hydrogen-bond donors (Lipinski definition) is 1. The summed E-state index contributed by atoms with van der Waals surface area (Å²) < 4.78 is 0. The van der Waals surface area contributed by atoms with E-state index in [1.165, 1.54) is 18.5 Å². The van der Waals surface area contributed by atoms with Gasteiger partial charge in [-0.3, -0.25) is 10.1 Å². The molecule has 1 heterocycles. The van der Waals surface area contributed by atoms with Gasteiger partial charge in [0.15, 0.2) is 0 Å². The molecule has 24 heavy (non-hydrogen) atoms. The third kappa shape index (κ3) is 3.09. The van der Waals surface area contributed by atoms with Crippen molar-refractivity contribution in [1.82, 2.24) is 9.97 Å². The van der Waals surface area contributed by atoms with Gasteiger partial charge in [0, 0.05) is 18.0 Å². The lowest BCUT2D eigenvalue weighted by Gasteiger charge is -2.09. The summed E-state index contributed by atoms with van der Waals surface area (Å²) in [5.74, 6) is 0.476. The van der Waals surface area contributed by atoms with Crippen LogP contribution in [0.15, 0.2) is 42.7 Å². The smallest absolute Gasteiger partial charge is 0.288 e. The van der Waals surface area contributed by atoms with Gasteiger partial charge in [-0.15, -0.1) is 0 Å². The number of aromatic nitrogens is 2. The highest BCUT2D eigenvalue weighted by atomic mass is 35.5. The van der Waals surface area contributed by atoms with Crippen molar-refractivity contribution in [2.24, 2.45) is 0 Å². The topological polar surface area (TPSA) is 105 Å². The fourth-order valence-electron chi connectivity index (χ4n) is 2.23. The SMILES string of the molecule is N#Cc1ccc(CNc2ncnc3cc(Cl)c([N+](=O)[O-])cc23)cc1. The second kappa shape index (κ2) is 6.48. The van der Waals surface area contributed by atoms with Gasteiger partial charge in [0.05, 0.1) is 22.1 Å². The number of fused-ring (bicyclic) bond motifs is 1. The van der Waals surface area contributed by atoms with E-state index in [4.69, 9.17) is 16.9 Å². The number of anilines is 1. The highest BCUT2D eigenvalue weighted by Gasteiger charge is 2.16. The number of rotatable bonds is 4. The molecule has 0 fully saturated rings. The number of nitriles is 1. The van der Waals surface area contributed by atoms with Gasteiger partial charge in [0.1, 0.15) is 17.2 Å². The molecule has 0 aliphatic rings. The number of hydrogen-bond acceptors (Lipinski definition) is 6. The van der Waals surface area contributed by atoms with Gasteiger partial charge < -0.3 is 5.32 Å². The van der Waals surface area contributed by atoms with E-state index in [1.807, 2.05) is 12.1 Å². The number of nitro benzene ring substituents is 1. The summed E-state index contributed by atoms with van der Waals surface area (Å²) in [5, 5.41) is 23.5. The molecule has 0 unspecified atom stereocenters. The Labute approximate surface area is 141 Å². The molecule has 0 atom stereocenters. The Bertz CT molecular complexity index is 967. The van der Waals surface area contributed by atoms with Gasteiger partial charge in [-0.2, -0.15) is 5.26 Å². The summed E-state index contributed by atoms with van der Waals surface area (Å²) in [5.41, 5.74) is 1.85. The van der Waals surface area contributed by atoms with E-state index >= 15 is 0 Å². The molecule has 0 saturated heterocycles. The van der Waals surface area contributed by atoms with Crippen LogP contribution in [0.1, 0.15) is 11.1 Å². The number of benzene rings is 2. The first-order valence-electron chi connectivity index (χ1n) is 6.90. The number of nitro groups is 1. The van der Waals surface area contributed by atoms with Crippen molar-refractivity contribution in [3.63, 3.8) is 0 Å². The maximum Gasteiger partial charge on any atom is 0.288 e. The number of nitrogens with zero attached hydrogens (tertiary/aromatic N) is 4. The Morgan fingerprint density at radius 1 is 1.25 bits per heavy atom. The van der Waals surface area contributed by atoms with E-state index in [0.717, 1.165) is 5.56 Å². The summed E-state index contributed by atoms with van der Waals surface area (Å²) >= 11 is 5.90. The first-order chi connectivity index (χ1) is 11.6. The molecule has 0 spiro atoms. The van der Waals surface area contributed by atoms with E-state index in [0.29, 0.717) is 28.8 Å². The minimum absolute atomic E-state index is 0.0317. The normalized spacial score (nSPS) is 10.3. The minimum Gasteiger partial charge on any atom is -0.365 e. The van der Waals surface area contributed by atoms with Crippen LogP contribution in [0.4, 0.5) is 11.5 Å². The molecule has 3 aromatic rings. The fourth-order valence-corrected chi connectivity index (χ4v) is 2.46. The molecular weight excluding hydrogens is 330 g/mol. The maximum absolute atomic E-state index is 11.1. The monoisotopic (exact) mass is 339 g/mol. The predicted octanol–water partition coefficient (Wildman–Crippen LogP) is 3.68. The number of nitrogens with one attached hydrogen (secondary N) is 1. The van der Waals surface area contributed by atoms with Crippen LogP contribution in [0.3, 0.4) is 0 Å². The summed E-state index contributed by atoms with van der Waals surface area (Å²) in [4.78, 5) is 18.7. The fraction of sp³-hybridized carbons (Fsp3) is 0.0625. The molecule has 0 bridgehead atoms. The van der Waals surface area contributed by atoms with E-state index in [2.05, 4.69) is 21.4 Å². The van der Waals surface area contributed by atoms with E-state index in [9.17, 15) is 10.1 Å². The standard InChI is InChI=1S/C16H10ClN5O2/c17-13-6-14-12(5-15(13)22(23)24)16(21-9-20-14)19-8-11-3-1-10(7-18)2-4-11/h1-6,9H,8H2,(H,19,20,21). The van der Waals surface area contributed by atoms with Crippen LogP contribution >= 0.6 is 11.6 Å². The van der Waals surface area contributed by atoms with Gasteiger partial charge >= 0.3 is 0 Å². The van der Waals surface area contributed by atoms with E-state index < -0.39 is 4.92 Å². The lowest BCUT2D eigenvalue weighted by Crippen LogP contribution is -2.03. The minimum atomic E-state index is -0.542. The third-order valence-electron chi connectivity index (χ3n) is 3.44. The van der Waals surface area contributed by atoms with Crippen LogP contribution in [-0.4, -0.2) is 14.9 Å². The second-order valence-corrected chi connectivity index (χ2v) is 5.37. The zero-order valence-electron chi connectivity index (χ0n) is 12.2. The lowest BCUT2D eigenvalue weighted by atomic mass is 10.1. The highest BCUT2D eigenvalue weighted by molar-refractivity contribution is 6.33. The molecule has 8 heteroatoms. The summed E-state index contributed by atoms with van der Waals surface area (Å²) in [6.45, 7) is 0.453. The van der Waals surface area contributed by atoms with Gasteiger partial charge in [0.2, 0.25) is 0 Å². The first-order valence-corrected chi connectivity index (χ1v) is 7.28. The zero-order valence-corrected chi connectivity index (χ0v) is 13.0. The molecule has 0 aliphatic carbocycles. The van der Waals surface area contributed by atoms with Crippen molar-refractivity contribution in [3.8, 4) is 6.07 Å². The van der Waals surface area contributed by atoms with Crippen molar-refractivity contribution in [1.29, 1.82) is 5.26 Å². The van der Waals surface area contributed by atoms with Gasteiger partial charge in [-0.1, -0.05) is 23.7 Å². The van der Waals surface area contributed by atoms with Crippen molar-refractivity contribution >= 4 is 34.0 Å². The molecule has 118 valence electrons. The Kier molecular flexibility index (Phi) is 4.22. The second-order valence-electron chi connectivity index (χ2n) is 4.96. The average molecular weight is 340 g/mol. The Morgan fingerprint density at radius 3 is 2.67 bits per heavy atom. The van der Waals surface area contributed by atoms with Crippen molar-refractivity contribution in [2.45, 2.75) is 6.54 Å². The molecule has 0 amide bonds.